The van der Waals surface area contributed by atoms with E-state index in [0.29, 0.717) is 17.9 Å². The number of benzene rings is 1. The maximum atomic E-state index is 11.5. The number of methoxy groups -OCH3 is 2. The highest BCUT2D eigenvalue weighted by Gasteiger charge is 2.18. The number of fused-ring (bicyclic) bond motifs is 1. The number of carbonyl (C=O) groups is 1. The van der Waals surface area contributed by atoms with Crippen LogP contribution in [0.4, 0.5) is 0 Å². The molecule has 1 aliphatic heterocycles. The Morgan fingerprint density at radius 2 is 2.33 bits per heavy atom. The van der Waals surface area contributed by atoms with Crippen LogP contribution in [0.1, 0.15) is 15.9 Å². The molecule has 98 valence electrons. The van der Waals surface area contributed by atoms with Gasteiger partial charge in [0.15, 0.2) is 0 Å². The van der Waals surface area contributed by atoms with Crippen LogP contribution in [0.2, 0.25) is 0 Å². The minimum absolute atomic E-state index is 0.0517. The fraction of sp³-hybridized carbons (Fsp3) is 0.462. The van der Waals surface area contributed by atoms with Crippen molar-refractivity contribution in [2.24, 2.45) is 0 Å². The first-order valence-corrected chi connectivity index (χ1v) is 5.82. The molecule has 0 amide bonds. The summed E-state index contributed by atoms with van der Waals surface area (Å²) >= 11 is 0. The molecule has 18 heavy (non-hydrogen) atoms. The number of hydrogen-bond donors (Lipinski definition) is 1. The molecule has 0 spiro atoms. The average molecular weight is 251 g/mol. The standard InChI is InChI=1S/C13H17NO4/c1-16-8-11-7-14-6-10-4-3-9(13(15)17-2)5-12(10)18-11/h3-5,11,14H,6-8H2,1-2H3/t11-/m0/s1. The zero-order valence-electron chi connectivity index (χ0n) is 10.6. The molecular formula is C13H17NO4. The molecule has 1 aromatic rings. The highest BCUT2D eigenvalue weighted by Crippen LogP contribution is 2.24. The van der Waals surface area contributed by atoms with Crippen LogP contribution in [0.5, 0.6) is 5.75 Å². The predicted molar refractivity (Wildman–Crippen MR) is 65.8 cm³/mol. The van der Waals surface area contributed by atoms with Gasteiger partial charge in [0.05, 0.1) is 19.3 Å². The summed E-state index contributed by atoms with van der Waals surface area (Å²) in [7, 11) is 3.00. The van der Waals surface area contributed by atoms with E-state index in [4.69, 9.17) is 14.2 Å². The molecule has 5 heteroatoms. The normalized spacial score (nSPS) is 18.4. The zero-order valence-corrected chi connectivity index (χ0v) is 10.6. The summed E-state index contributed by atoms with van der Waals surface area (Å²) in [4.78, 5) is 11.5. The van der Waals surface area contributed by atoms with E-state index in [9.17, 15) is 4.79 Å². The van der Waals surface area contributed by atoms with Crippen LogP contribution in [0.3, 0.4) is 0 Å². The van der Waals surface area contributed by atoms with Crippen molar-refractivity contribution in [1.29, 1.82) is 0 Å². The Morgan fingerprint density at radius 1 is 1.50 bits per heavy atom. The van der Waals surface area contributed by atoms with E-state index >= 15 is 0 Å². The molecular weight excluding hydrogens is 234 g/mol. The van der Waals surface area contributed by atoms with Crippen molar-refractivity contribution in [3.63, 3.8) is 0 Å². The highest BCUT2D eigenvalue weighted by atomic mass is 16.5. The monoisotopic (exact) mass is 251 g/mol. The molecule has 5 nitrogen and oxygen atoms in total. The van der Waals surface area contributed by atoms with Crippen molar-refractivity contribution in [2.75, 3.05) is 27.4 Å². The minimum Gasteiger partial charge on any atom is -0.486 e. The summed E-state index contributed by atoms with van der Waals surface area (Å²) in [5.74, 6) is 0.354. The van der Waals surface area contributed by atoms with Gasteiger partial charge in [-0.3, -0.25) is 0 Å². The summed E-state index contributed by atoms with van der Waals surface area (Å²) in [6, 6.07) is 5.34. The van der Waals surface area contributed by atoms with Gasteiger partial charge in [-0.2, -0.15) is 0 Å². The Labute approximate surface area is 106 Å². The zero-order chi connectivity index (χ0) is 13.0. The molecule has 0 fully saturated rings. The van der Waals surface area contributed by atoms with Crippen LogP contribution in [-0.2, 0) is 16.0 Å². The van der Waals surface area contributed by atoms with Crippen LogP contribution in [0, 0.1) is 0 Å². The van der Waals surface area contributed by atoms with Crippen molar-refractivity contribution in [1.82, 2.24) is 5.32 Å². The quantitative estimate of drug-likeness (QED) is 0.811. The molecule has 0 saturated carbocycles. The van der Waals surface area contributed by atoms with Crippen molar-refractivity contribution in [3.05, 3.63) is 29.3 Å². The Morgan fingerprint density at radius 3 is 3.06 bits per heavy atom. The SMILES string of the molecule is COC[C@@H]1CNCc2ccc(C(=O)OC)cc2O1. The molecule has 0 bridgehead atoms. The Bertz CT molecular complexity index is 433. The Balaban J connectivity index is 2.24. The lowest BCUT2D eigenvalue weighted by atomic mass is 10.1. The van der Waals surface area contributed by atoms with Crippen LogP contribution >= 0.6 is 0 Å². The molecule has 0 aromatic heterocycles. The third-order valence-corrected chi connectivity index (χ3v) is 2.82. The summed E-state index contributed by atoms with van der Waals surface area (Å²) < 4.78 is 15.6. The first-order valence-electron chi connectivity index (χ1n) is 5.82. The number of esters is 1. The largest absolute Gasteiger partial charge is 0.486 e. The maximum absolute atomic E-state index is 11.5. The second kappa shape index (κ2) is 5.84. The van der Waals surface area contributed by atoms with Gasteiger partial charge in [0, 0.05) is 25.8 Å². The van der Waals surface area contributed by atoms with Crippen molar-refractivity contribution in [3.8, 4) is 5.75 Å². The van der Waals surface area contributed by atoms with Gasteiger partial charge in [-0.1, -0.05) is 6.07 Å². The highest BCUT2D eigenvalue weighted by molar-refractivity contribution is 5.89. The smallest absolute Gasteiger partial charge is 0.337 e. The predicted octanol–water partition coefficient (Wildman–Crippen LogP) is 0.970. The van der Waals surface area contributed by atoms with E-state index in [0.717, 1.165) is 18.7 Å². The van der Waals surface area contributed by atoms with Crippen LogP contribution in [0.25, 0.3) is 0 Å². The van der Waals surface area contributed by atoms with E-state index in [1.54, 1.807) is 19.2 Å². The second-order valence-electron chi connectivity index (χ2n) is 4.14. The summed E-state index contributed by atoms with van der Waals surface area (Å²) in [5.41, 5.74) is 1.52. The molecule has 2 rings (SSSR count). The van der Waals surface area contributed by atoms with Gasteiger partial charge < -0.3 is 19.5 Å². The number of ether oxygens (including phenoxy) is 3. The van der Waals surface area contributed by atoms with E-state index in [1.165, 1.54) is 7.11 Å². The fourth-order valence-electron chi connectivity index (χ4n) is 1.92. The van der Waals surface area contributed by atoms with E-state index in [-0.39, 0.29) is 12.1 Å². The third-order valence-electron chi connectivity index (χ3n) is 2.82. The average Bonchev–Trinajstić information content (AvgIpc) is 2.59. The Hall–Kier alpha value is -1.59. The molecule has 0 saturated heterocycles. The lowest BCUT2D eigenvalue weighted by Gasteiger charge is -2.16. The van der Waals surface area contributed by atoms with Crippen LogP contribution in [-0.4, -0.2) is 39.4 Å². The van der Waals surface area contributed by atoms with Crippen molar-refractivity contribution in [2.45, 2.75) is 12.6 Å². The van der Waals surface area contributed by atoms with Gasteiger partial charge >= 0.3 is 5.97 Å². The van der Waals surface area contributed by atoms with Crippen LogP contribution < -0.4 is 10.1 Å². The van der Waals surface area contributed by atoms with Gasteiger partial charge in [-0.15, -0.1) is 0 Å². The molecule has 1 aromatic carbocycles. The summed E-state index contributed by atoms with van der Waals surface area (Å²) in [6.45, 7) is 1.95. The molecule has 0 radical (unpaired) electrons. The Kier molecular flexibility index (Phi) is 4.17. The first-order chi connectivity index (χ1) is 8.74. The van der Waals surface area contributed by atoms with Gasteiger partial charge in [0.1, 0.15) is 11.9 Å². The molecule has 0 aliphatic carbocycles. The van der Waals surface area contributed by atoms with E-state index in [2.05, 4.69) is 5.32 Å². The van der Waals surface area contributed by atoms with Gasteiger partial charge in [0.25, 0.3) is 0 Å². The number of nitrogens with one attached hydrogen (secondary N) is 1. The molecule has 1 atom stereocenters. The molecule has 1 aliphatic rings. The summed E-state index contributed by atoms with van der Waals surface area (Å²) in [5, 5.41) is 3.28. The fourth-order valence-corrected chi connectivity index (χ4v) is 1.92. The van der Waals surface area contributed by atoms with E-state index < -0.39 is 0 Å². The lowest BCUT2D eigenvalue weighted by Crippen LogP contribution is -2.32. The van der Waals surface area contributed by atoms with Crippen LogP contribution in [0.15, 0.2) is 18.2 Å². The third kappa shape index (κ3) is 2.80. The second-order valence-corrected chi connectivity index (χ2v) is 4.14. The molecule has 0 unspecified atom stereocenters. The maximum Gasteiger partial charge on any atom is 0.337 e. The van der Waals surface area contributed by atoms with Gasteiger partial charge in [-0.25, -0.2) is 4.79 Å². The number of hydrogen-bond acceptors (Lipinski definition) is 5. The first kappa shape index (κ1) is 12.9. The van der Waals surface area contributed by atoms with Gasteiger partial charge in [-0.05, 0) is 12.1 Å². The summed E-state index contributed by atoms with van der Waals surface area (Å²) in [6.07, 6.45) is -0.0517. The minimum atomic E-state index is -0.359. The molecule has 1 heterocycles. The number of carbonyl (C=O) groups excluding carboxylic acids is 1. The molecule has 1 N–H and O–H groups in total. The van der Waals surface area contributed by atoms with Gasteiger partial charge in [0.2, 0.25) is 0 Å². The topological polar surface area (TPSA) is 56.8 Å². The van der Waals surface area contributed by atoms with E-state index in [1.807, 2.05) is 6.07 Å². The number of rotatable bonds is 3. The van der Waals surface area contributed by atoms with Crippen molar-refractivity contribution < 1.29 is 19.0 Å². The van der Waals surface area contributed by atoms with Crippen molar-refractivity contribution >= 4 is 5.97 Å². The lowest BCUT2D eigenvalue weighted by molar-refractivity contribution is 0.0598.